The van der Waals surface area contributed by atoms with E-state index in [1.165, 1.54) is 0 Å². The van der Waals surface area contributed by atoms with E-state index in [1.807, 2.05) is 59.5 Å². The summed E-state index contributed by atoms with van der Waals surface area (Å²) in [7, 11) is 1.56. The van der Waals surface area contributed by atoms with E-state index in [4.69, 9.17) is 4.74 Å². The molecule has 1 N–H and O–H groups in total. The minimum atomic E-state index is -0.136. The van der Waals surface area contributed by atoms with Crippen molar-refractivity contribution >= 4 is 5.91 Å². The first-order chi connectivity index (χ1) is 11.8. The van der Waals surface area contributed by atoms with Crippen LogP contribution in [-0.2, 0) is 6.42 Å². The van der Waals surface area contributed by atoms with E-state index in [0.29, 0.717) is 24.3 Å². The van der Waals surface area contributed by atoms with Gasteiger partial charge in [0.15, 0.2) is 0 Å². The zero-order chi connectivity index (χ0) is 16.8. The molecule has 3 rings (SSSR count). The molecule has 5 heteroatoms. The number of hydrogen-bond acceptors (Lipinski definition) is 3. The molecule has 2 aromatic carbocycles. The molecule has 122 valence electrons. The van der Waals surface area contributed by atoms with Gasteiger partial charge in [0.1, 0.15) is 5.75 Å². The number of hydrogen-bond donors (Lipinski definition) is 1. The van der Waals surface area contributed by atoms with Gasteiger partial charge in [-0.15, -0.1) is 0 Å². The van der Waals surface area contributed by atoms with E-state index in [0.717, 1.165) is 11.3 Å². The summed E-state index contributed by atoms with van der Waals surface area (Å²) < 4.78 is 7.04. The summed E-state index contributed by atoms with van der Waals surface area (Å²) in [5, 5.41) is 7.27. The molecule has 1 heterocycles. The van der Waals surface area contributed by atoms with Crippen LogP contribution < -0.4 is 10.1 Å². The Balaban J connectivity index is 1.57. The predicted octanol–water partition coefficient (Wildman–Crippen LogP) is 2.85. The number of carbonyl (C=O) groups excluding carboxylic acids is 1. The SMILES string of the molecule is COc1ccccc1C(=O)NCCc1cnn(-c2ccccc2)c1. The van der Waals surface area contributed by atoms with Crippen molar-refractivity contribution in [3.05, 3.63) is 78.1 Å². The molecule has 1 amide bonds. The third kappa shape index (κ3) is 3.63. The lowest BCUT2D eigenvalue weighted by Gasteiger charge is -2.08. The molecule has 5 nitrogen and oxygen atoms in total. The van der Waals surface area contributed by atoms with Crippen LogP contribution >= 0.6 is 0 Å². The maximum Gasteiger partial charge on any atom is 0.255 e. The van der Waals surface area contributed by atoms with Gasteiger partial charge < -0.3 is 10.1 Å². The van der Waals surface area contributed by atoms with Crippen LogP contribution in [0.25, 0.3) is 5.69 Å². The number of aromatic nitrogens is 2. The predicted molar refractivity (Wildman–Crippen MR) is 92.6 cm³/mol. The smallest absolute Gasteiger partial charge is 0.255 e. The van der Waals surface area contributed by atoms with E-state index >= 15 is 0 Å². The molecule has 0 saturated heterocycles. The van der Waals surface area contributed by atoms with Gasteiger partial charge in [-0.05, 0) is 36.2 Å². The average molecular weight is 321 g/mol. The second kappa shape index (κ2) is 7.46. The molecule has 0 aliphatic rings. The van der Waals surface area contributed by atoms with E-state index < -0.39 is 0 Å². The van der Waals surface area contributed by atoms with Crippen LogP contribution in [0.5, 0.6) is 5.75 Å². The van der Waals surface area contributed by atoms with Crippen LogP contribution in [0.4, 0.5) is 0 Å². The molecule has 0 fully saturated rings. The zero-order valence-electron chi connectivity index (χ0n) is 13.5. The van der Waals surface area contributed by atoms with E-state index in [1.54, 1.807) is 19.2 Å². The fraction of sp³-hybridized carbons (Fsp3) is 0.158. The molecule has 0 bridgehead atoms. The summed E-state index contributed by atoms with van der Waals surface area (Å²) in [6.45, 7) is 0.539. The minimum Gasteiger partial charge on any atom is -0.496 e. The maximum atomic E-state index is 12.2. The van der Waals surface area contributed by atoms with Crippen LogP contribution in [0.1, 0.15) is 15.9 Å². The van der Waals surface area contributed by atoms with Crippen molar-refractivity contribution in [3.63, 3.8) is 0 Å². The van der Waals surface area contributed by atoms with Crippen molar-refractivity contribution in [1.82, 2.24) is 15.1 Å². The lowest BCUT2D eigenvalue weighted by molar-refractivity contribution is 0.0951. The summed E-state index contributed by atoms with van der Waals surface area (Å²) in [4.78, 5) is 12.2. The first-order valence-electron chi connectivity index (χ1n) is 7.78. The first-order valence-corrected chi connectivity index (χ1v) is 7.78. The van der Waals surface area contributed by atoms with E-state index in [9.17, 15) is 4.79 Å². The highest BCUT2D eigenvalue weighted by Gasteiger charge is 2.10. The van der Waals surface area contributed by atoms with Crippen LogP contribution in [-0.4, -0.2) is 29.3 Å². The third-order valence-corrected chi connectivity index (χ3v) is 3.71. The van der Waals surface area contributed by atoms with Gasteiger partial charge in [0, 0.05) is 12.7 Å². The lowest BCUT2D eigenvalue weighted by atomic mass is 10.2. The summed E-state index contributed by atoms with van der Waals surface area (Å²) in [5.74, 6) is 0.440. The molecular formula is C19H19N3O2. The maximum absolute atomic E-state index is 12.2. The van der Waals surface area contributed by atoms with E-state index in [2.05, 4.69) is 10.4 Å². The second-order valence-electron chi connectivity index (χ2n) is 5.33. The summed E-state index contributed by atoms with van der Waals surface area (Å²) >= 11 is 0. The Morgan fingerprint density at radius 3 is 2.67 bits per heavy atom. The van der Waals surface area contributed by atoms with Crippen molar-refractivity contribution in [2.75, 3.05) is 13.7 Å². The average Bonchev–Trinajstić information content (AvgIpc) is 3.11. The molecule has 0 radical (unpaired) electrons. The van der Waals surface area contributed by atoms with Gasteiger partial charge in [-0.1, -0.05) is 30.3 Å². The number of carbonyl (C=O) groups is 1. The summed E-state index contributed by atoms with van der Waals surface area (Å²) in [6.07, 6.45) is 4.51. The summed E-state index contributed by atoms with van der Waals surface area (Å²) in [6, 6.07) is 17.1. The zero-order valence-corrected chi connectivity index (χ0v) is 13.5. The van der Waals surface area contributed by atoms with Gasteiger partial charge in [-0.25, -0.2) is 4.68 Å². The molecule has 1 aromatic heterocycles. The fourth-order valence-corrected chi connectivity index (χ4v) is 2.46. The van der Waals surface area contributed by atoms with Crippen LogP contribution in [0.2, 0.25) is 0 Å². The highest BCUT2D eigenvalue weighted by molar-refractivity contribution is 5.96. The van der Waals surface area contributed by atoms with Crippen LogP contribution in [0, 0.1) is 0 Å². The molecule has 0 aliphatic heterocycles. The number of benzene rings is 2. The molecule has 0 saturated carbocycles. The van der Waals surface area contributed by atoms with Gasteiger partial charge in [-0.3, -0.25) is 4.79 Å². The normalized spacial score (nSPS) is 10.4. The van der Waals surface area contributed by atoms with E-state index in [-0.39, 0.29) is 5.91 Å². The van der Waals surface area contributed by atoms with Crippen molar-refractivity contribution in [2.24, 2.45) is 0 Å². The highest BCUT2D eigenvalue weighted by Crippen LogP contribution is 2.16. The number of methoxy groups -OCH3 is 1. The minimum absolute atomic E-state index is 0.136. The van der Waals surface area contributed by atoms with Crippen molar-refractivity contribution in [2.45, 2.75) is 6.42 Å². The molecule has 0 unspecified atom stereocenters. The van der Waals surface area contributed by atoms with Crippen molar-refractivity contribution in [3.8, 4) is 11.4 Å². The van der Waals surface area contributed by atoms with Gasteiger partial charge >= 0.3 is 0 Å². The van der Waals surface area contributed by atoms with Crippen molar-refractivity contribution < 1.29 is 9.53 Å². The Bertz CT molecular complexity index is 812. The summed E-state index contributed by atoms with van der Waals surface area (Å²) in [5.41, 5.74) is 2.63. The second-order valence-corrected chi connectivity index (χ2v) is 5.33. The monoisotopic (exact) mass is 321 g/mol. The Morgan fingerprint density at radius 2 is 1.88 bits per heavy atom. The number of nitrogens with zero attached hydrogens (tertiary/aromatic N) is 2. The molecule has 0 aliphatic carbocycles. The highest BCUT2D eigenvalue weighted by atomic mass is 16.5. The number of para-hydroxylation sites is 2. The Hall–Kier alpha value is -3.08. The number of nitrogens with one attached hydrogen (secondary N) is 1. The molecule has 3 aromatic rings. The van der Waals surface area contributed by atoms with Gasteiger partial charge in [0.05, 0.1) is 24.6 Å². The first kappa shape index (κ1) is 15.8. The van der Waals surface area contributed by atoms with Crippen molar-refractivity contribution in [1.29, 1.82) is 0 Å². The quantitative estimate of drug-likeness (QED) is 0.759. The Morgan fingerprint density at radius 1 is 1.12 bits per heavy atom. The standard InChI is InChI=1S/C19H19N3O2/c1-24-18-10-6-5-9-17(18)19(23)20-12-11-15-13-21-22(14-15)16-7-3-2-4-8-16/h2-10,13-14H,11-12H2,1H3,(H,20,23). The molecule has 0 atom stereocenters. The van der Waals surface area contributed by atoms with Crippen LogP contribution in [0.3, 0.4) is 0 Å². The molecule has 24 heavy (non-hydrogen) atoms. The number of rotatable bonds is 6. The lowest BCUT2D eigenvalue weighted by Crippen LogP contribution is -2.26. The number of amides is 1. The molecular weight excluding hydrogens is 302 g/mol. The topological polar surface area (TPSA) is 56.1 Å². The Labute approximate surface area is 140 Å². The third-order valence-electron chi connectivity index (χ3n) is 3.71. The van der Waals surface area contributed by atoms with Gasteiger partial charge in [0.25, 0.3) is 5.91 Å². The Kier molecular flexibility index (Phi) is 4.91. The van der Waals surface area contributed by atoms with Crippen LogP contribution in [0.15, 0.2) is 67.0 Å². The van der Waals surface area contributed by atoms with Gasteiger partial charge in [0.2, 0.25) is 0 Å². The molecule has 0 spiro atoms. The number of ether oxygens (including phenoxy) is 1. The largest absolute Gasteiger partial charge is 0.496 e. The van der Waals surface area contributed by atoms with Gasteiger partial charge in [-0.2, -0.15) is 5.10 Å². The fourth-order valence-electron chi connectivity index (χ4n) is 2.46.